The molecule has 0 unspecified atom stereocenters. The van der Waals surface area contributed by atoms with Gasteiger partial charge in [0.2, 0.25) is 0 Å². The minimum atomic E-state index is -0.499. The number of hydrogen-bond acceptors (Lipinski definition) is 5. The van der Waals surface area contributed by atoms with Crippen molar-refractivity contribution in [2.45, 2.75) is 6.42 Å². The highest BCUT2D eigenvalue weighted by atomic mass is 16.6. The molecule has 0 aliphatic carbocycles. The lowest BCUT2D eigenvalue weighted by atomic mass is 10.1. The zero-order chi connectivity index (χ0) is 17.8. The van der Waals surface area contributed by atoms with Crippen LogP contribution in [0.5, 0.6) is 5.75 Å². The van der Waals surface area contributed by atoms with E-state index >= 15 is 0 Å². The van der Waals surface area contributed by atoms with Gasteiger partial charge >= 0.3 is 0 Å². The molecule has 25 heavy (non-hydrogen) atoms. The molecule has 0 fully saturated rings. The third-order valence-electron chi connectivity index (χ3n) is 3.80. The Morgan fingerprint density at radius 3 is 2.64 bits per heavy atom. The second-order valence-electron chi connectivity index (χ2n) is 5.53. The Kier molecular flexibility index (Phi) is 4.76. The molecule has 0 saturated carbocycles. The SMILES string of the molecule is NCCCN1C(=O)/C(=C\c2ccccc2)Oc2ccc([N+](=O)[O-])cc21. The Labute approximate surface area is 144 Å². The summed E-state index contributed by atoms with van der Waals surface area (Å²) < 4.78 is 5.71. The molecule has 7 nitrogen and oxygen atoms in total. The highest BCUT2D eigenvalue weighted by Gasteiger charge is 2.31. The molecule has 2 aromatic rings. The molecule has 2 aromatic carbocycles. The van der Waals surface area contributed by atoms with Gasteiger partial charge in [-0.3, -0.25) is 14.9 Å². The van der Waals surface area contributed by atoms with Crippen LogP contribution in [0, 0.1) is 10.1 Å². The maximum absolute atomic E-state index is 12.8. The minimum absolute atomic E-state index is 0.0941. The van der Waals surface area contributed by atoms with E-state index < -0.39 is 4.92 Å². The highest BCUT2D eigenvalue weighted by Crippen LogP contribution is 2.38. The van der Waals surface area contributed by atoms with E-state index in [2.05, 4.69) is 0 Å². The maximum Gasteiger partial charge on any atom is 0.294 e. The molecule has 3 rings (SSSR count). The number of nitrogens with zero attached hydrogens (tertiary/aromatic N) is 2. The predicted octanol–water partition coefficient (Wildman–Crippen LogP) is 2.71. The van der Waals surface area contributed by atoms with Crippen molar-refractivity contribution in [3.05, 3.63) is 70.0 Å². The summed E-state index contributed by atoms with van der Waals surface area (Å²) in [5.74, 6) is 0.235. The van der Waals surface area contributed by atoms with Crippen LogP contribution in [0.1, 0.15) is 12.0 Å². The number of fused-ring (bicyclic) bond motifs is 1. The normalized spacial score (nSPS) is 15.0. The van der Waals surface area contributed by atoms with Crippen molar-refractivity contribution in [1.29, 1.82) is 0 Å². The zero-order valence-electron chi connectivity index (χ0n) is 13.4. The number of ether oxygens (including phenoxy) is 1. The number of carbonyl (C=O) groups is 1. The van der Waals surface area contributed by atoms with Crippen molar-refractivity contribution in [3.8, 4) is 5.75 Å². The first-order chi connectivity index (χ1) is 12.1. The number of carbonyl (C=O) groups excluding carboxylic acids is 1. The lowest BCUT2D eigenvalue weighted by molar-refractivity contribution is -0.384. The van der Waals surface area contributed by atoms with E-state index in [9.17, 15) is 14.9 Å². The number of nitrogens with two attached hydrogens (primary N) is 1. The molecule has 0 saturated heterocycles. The quantitative estimate of drug-likeness (QED) is 0.513. The fourth-order valence-electron chi connectivity index (χ4n) is 2.58. The number of rotatable bonds is 5. The molecular weight excluding hydrogens is 322 g/mol. The van der Waals surface area contributed by atoms with Crippen LogP contribution in [0.2, 0.25) is 0 Å². The van der Waals surface area contributed by atoms with Crippen molar-refractivity contribution in [2.75, 3.05) is 18.0 Å². The van der Waals surface area contributed by atoms with Gasteiger partial charge < -0.3 is 15.4 Å². The maximum atomic E-state index is 12.8. The number of non-ortho nitro benzene ring substituents is 1. The Morgan fingerprint density at radius 1 is 1.20 bits per heavy atom. The predicted molar refractivity (Wildman–Crippen MR) is 94.2 cm³/mol. The van der Waals surface area contributed by atoms with E-state index in [-0.39, 0.29) is 17.4 Å². The summed E-state index contributed by atoms with van der Waals surface area (Å²) in [7, 11) is 0. The number of benzene rings is 2. The molecule has 0 radical (unpaired) electrons. The molecule has 1 heterocycles. The van der Waals surface area contributed by atoms with Crippen molar-refractivity contribution in [1.82, 2.24) is 0 Å². The average molecular weight is 339 g/mol. The first-order valence-electron chi connectivity index (χ1n) is 7.85. The van der Waals surface area contributed by atoms with Gasteiger partial charge in [-0.1, -0.05) is 30.3 Å². The van der Waals surface area contributed by atoms with Gasteiger partial charge in [-0.2, -0.15) is 0 Å². The Hall–Kier alpha value is -3.19. The Balaban J connectivity index is 2.03. The number of anilines is 1. The molecule has 0 atom stereocenters. The smallest absolute Gasteiger partial charge is 0.294 e. The van der Waals surface area contributed by atoms with Crippen molar-refractivity contribution >= 4 is 23.4 Å². The molecule has 1 amide bonds. The molecular formula is C18H17N3O4. The third-order valence-corrected chi connectivity index (χ3v) is 3.80. The van der Waals surface area contributed by atoms with Gasteiger partial charge in [0.1, 0.15) is 0 Å². The molecule has 128 valence electrons. The summed E-state index contributed by atoms with van der Waals surface area (Å²) in [6.45, 7) is 0.769. The molecule has 2 N–H and O–H groups in total. The average Bonchev–Trinajstić information content (AvgIpc) is 2.62. The summed E-state index contributed by atoms with van der Waals surface area (Å²) in [4.78, 5) is 24.8. The summed E-state index contributed by atoms with van der Waals surface area (Å²) >= 11 is 0. The van der Waals surface area contributed by atoms with Crippen LogP contribution < -0.4 is 15.4 Å². The van der Waals surface area contributed by atoms with Crippen LogP contribution in [0.25, 0.3) is 6.08 Å². The highest BCUT2D eigenvalue weighted by molar-refractivity contribution is 6.10. The largest absolute Gasteiger partial charge is 0.449 e. The van der Waals surface area contributed by atoms with E-state index in [1.807, 2.05) is 30.3 Å². The fourth-order valence-corrected chi connectivity index (χ4v) is 2.58. The van der Waals surface area contributed by atoms with Crippen LogP contribution in [0.15, 0.2) is 54.3 Å². The summed E-state index contributed by atoms with van der Waals surface area (Å²) in [6.07, 6.45) is 2.23. The van der Waals surface area contributed by atoms with Gasteiger partial charge in [-0.05, 0) is 30.7 Å². The minimum Gasteiger partial charge on any atom is -0.449 e. The van der Waals surface area contributed by atoms with Crippen molar-refractivity contribution in [2.24, 2.45) is 5.73 Å². The monoisotopic (exact) mass is 339 g/mol. The molecule has 0 bridgehead atoms. The van der Waals surface area contributed by atoms with Crippen molar-refractivity contribution < 1.29 is 14.5 Å². The van der Waals surface area contributed by atoms with Crippen LogP contribution >= 0.6 is 0 Å². The molecule has 1 aliphatic heterocycles. The topological polar surface area (TPSA) is 98.7 Å². The van der Waals surface area contributed by atoms with Gasteiger partial charge in [-0.25, -0.2) is 0 Å². The first-order valence-corrected chi connectivity index (χ1v) is 7.85. The van der Waals surface area contributed by atoms with Gasteiger partial charge in [0.15, 0.2) is 11.5 Å². The summed E-state index contributed by atoms with van der Waals surface area (Å²) in [6, 6.07) is 13.5. The number of nitro benzene ring substituents is 1. The van der Waals surface area contributed by atoms with E-state index in [0.29, 0.717) is 30.9 Å². The van der Waals surface area contributed by atoms with E-state index in [0.717, 1.165) is 5.56 Å². The Morgan fingerprint density at radius 2 is 1.96 bits per heavy atom. The van der Waals surface area contributed by atoms with Gasteiger partial charge in [0.05, 0.1) is 10.6 Å². The third kappa shape index (κ3) is 3.51. The van der Waals surface area contributed by atoms with Crippen LogP contribution in [0.4, 0.5) is 11.4 Å². The molecule has 7 heteroatoms. The number of nitro groups is 1. The van der Waals surface area contributed by atoms with Gasteiger partial charge in [-0.15, -0.1) is 0 Å². The van der Waals surface area contributed by atoms with E-state index in [1.54, 1.807) is 6.08 Å². The second-order valence-corrected chi connectivity index (χ2v) is 5.53. The van der Waals surface area contributed by atoms with Crippen molar-refractivity contribution in [3.63, 3.8) is 0 Å². The fraction of sp³-hybridized carbons (Fsp3) is 0.167. The standard InChI is InChI=1S/C18H17N3O4/c19-9-4-10-20-15-12-14(21(23)24)7-8-16(15)25-17(18(20)22)11-13-5-2-1-3-6-13/h1-3,5-8,11-12H,4,9-10,19H2/b17-11+. The second kappa shape index (κ2) is 7.14. The van der Waals surface area contributed by atoms with E-state index in [4.69, 9.17) is 10.5 Å². The summed E-state index contributed by atoms with van der Waals surface area (Å²) in [5, 5.41) is 11.0. The van der Waals surface area contributed by atoms with Crippen LogP contribution in [0.3, 0.4) is 0 Å². The van der Waals surface area contributed by atoms with Crippen LogP contribution in [-0.2, 0) is 4.79 Å². The Bertz CT molecular complexity index is 833. The van der Waals surface area contributed by atoms with Crippen LogP contribution in [-0.4, -0.2) is 23.9 Å². The number of hydrogen-bond donors (Lipinski definition) is 1. The lowest BCUT2D eigenvalue weighted by Gasteiger charge is -2.30. The lowest BCUT2D eigenvalue weighted by Crippen LogP contribution is -2.38. The molecule has 1 aliphatic rings. The first kappa shape index (κ1) is 16.7. The molecule has 0 spiro atoms. The van der Waals surface area contributed by atoms with Gasteiger partial charge in [0, 0.05) is 18.7 Å². The van der Waals surface area contributed by atoms with E-state index in [1.165, 1.54) is 23.1 Å². The number of amides is 1. The summed E-state index contributed by atoms with van der Waals surface area (Å²) in [5.41, 5.74) is 6.68. The molecule has 0 aromatic heterocycles. The zero-order valence-corrected chi connectivity index (χ0v) is 13.4. The van der Waals surface area contributed by atoms with Gasteiger partial charge in [0.25, 0.3) is 11.6 Å².